The lowest BCUT2D eigenvalue weighted by atomic mass is 10.0. The van der Waals surface area contributed by atoms with E-state index in [1.54, 1.807) is 7.11 Å². The molecule has 1 amide bonds. The first-order chi connectivity index (χ1) is 9.76. The van der Waals surface area contributed by atoms with Crippen molar-refractivity contribution in [2.45, 2.75) is 37.8 Å². The van der Waals surface area contributed by atoms with Crippen LogP contribution < -0.4 is 15.4 Å². The summed E-state index contributed by atoms with van der Waals surface area (Å²) in [7, 11) is 1.67. The van der Waals surface area contributed by atoms with Crippen LogP contribution in [-0.4, -0.2) is 25.6 Å². The largest absolute Gasteiger partial charge is 0.497 e. The zero-order valence-corrected chi connectivity index (χ0v) is 11.9. The van der Waals surface area contributed by atoms with E-state index in [0.29, 0.717) is 18.5 Å². The molecule has 2 fully saturated rings. The highest BCUT2D eigenvalue weighted by Gasteiger charge is 2.32. The maximum absolute atomic E-state index is 11.8. The van der Waals surface area contributed by atoms with E-state index in [0.717, 1.165) is 18.6 Å². The van der Waals surface area contributed by atoms with Gasteiger partial charge in [-0.05, 0) is 49.3 Å². The topological polar surface area (TPSA) is 50.4 Å². The maximum Gasteiger partial charge on any atom is 0.234 e. The molecule has 0 saturated heterocycles. The second-order valence-electron chi connectivity index (χ2n) is 5.81. The van der Waals surface area contributed by atoms with Crippen LogP contribution in [0.5, 0.6) is 5.75 Å². The summed E-state index contributed by atoms with van der Waals surface area (Å²) in [6.07, 6.45) is 4.76. The Morgan fingerprint density at radius 1 is 1.25 bits per heavy atom. The SMILES string of the molecule is COc1ccc(C(NCC(=O)NC2CC2)C2CC2)cc1. The van der Waals surface area contributed by atoms with Crippen molar-refractivity contribution in [3.8, 4) is 5.75 Å². The van der Waals surface area contributed by atoms with Crippen molar-refractivity contribution < 1.29 is 9.53 Å². The van der Waals surface area contributed by atoms with E-state index in [2.05, 4.69) is 22.8 Å². The highest BCUT2D eigenvalue weighted by atomic mass is 16.5. The average Bonchev–Trinajstić information content (AvgIpc) is 3.34. The maximum atomic E-state index is 11.8. The standard InChI is InChI=1S/C16H22N2O2/c1-20-14-8-4-12(5-9-14)16(11-2-3-11)17-10-15(19)18-13-6-7-13/h4-5,8-9,11,13,16-17H,2-3,6-7,10H2,1H3,(H,18,19). The smallest absolute Gasteiger partial charge is 0.234 e. The average molecular weight is 274 g/mol. The molecule has 2 aliphatic rings. The van der Waals surface area contributed by atoms with Crippen LogP contribution in [0.15, 0.2) is 24.3 Å². The van der Waals surface area contributed by atoms with Crippen LogP contribution in [0.1, 0.15) is 37.3 Å². The van der Waals surface area contributed by atoms with Gasteiger partial charge in [0, 0.05) is 12.1 Å². The van der Waals surface area contributed by atoms with Gasteiger partial charge in [-0.3, -0.25) is 4.79 Å². The molecule has 1 atom stereocenters. The predicted octanol–water partition coefficient (Wildman–Crippen LogP) is 2.01. The first-order valence-corrected chi connectivity index (χ1v) is 7.43. The van der Waals surface area contributed by atoms with Crippen LogP contribution in [0.2, 0.25) is 0 Å². The Bertz CT molecular complexity index is 464. The number of nitrogens with one attached hydrogen (secondary N) is 2. The molecule has 1 unspecified atom stereocenters. The van der Waals surface area contributed by atoms with Crippen molar-refractivity contribution in [2.75, 3.05) is 13.7 Å². The first-order valence-electron chi connectivity index (χ1n) is 7.43. The molecule has 0 spiro atoms. The van der Waals surface area contributed by atoms with Gasteiger partial charge in [0.25, 0.3) is 0 Å². The lowest BCUT2D eigenvalue weighted by molar-refractivity contribution is -0.120. The quantitative estimate of drug-likeness (QED) is 0.799. The number of methoxy groups -OCH3 is 1. The summed E-state index contributed by atoms with van der Waals surface area (Å²) < 4.78 is 5.19. The van der Waals surface area contributed by atoms with Gasteiger partial charge in [0.05, 0.1) is 13.7 Å². The zero-order valence-electron chi connectivity index (χ0n) is 11.9. The van der Waals surface area contributed by atoms with E-state index in [1.165, 1.54) is 18.4 Å². The lowest BCUT2D eigenvalue weighted by Crippen LogP contribution is -2.37. The molecule has 1 aromatic carbocycles. The number of carbonyl (C=O) groups is 1. The molecule has 4 heteroatoms. The molecule has 0 bridgehead atoms. The van der Waals surface area contributed by atoms with E-state index in [4.69, 9.17) is 4.74 Å². The van der Waals surface area contributed by atoms with E-state index < -0.39 is 0 Å². The Morgan fingerprint density at radius 2 is 1.95 bits per heavy atom. The van der Waals surface area contributed by atoms with Crippen molar-refractivity contribution >= 4 is 5.91 Å². The van der Waals surface area contributed by atoms with E-state index >= 15 is 0 Å². The molecular formula is C16H22N2O2. The van der Waals surface area contributed by atoms with Crippen molar-refractivity contribution in [1.29, 1.82) is 0 Å². The minimum absolute atomic E-state index is 0.117. The molecule has 1 aromatic rings. The molecular weight excluding hydrogens is 252 g/mol. The molecule has 0 aliphatic heterocycles. The number of ether oxygens (including phenoxy) is 1. The van der Waals surface area contributed by atoms with Crippen LogP contribution in [0.3, 0.4) is 0 Å². The van der Waals surface area contributed by atoms with Gasteiger partial charge in [-0.25, -0.2) is 0 Å². The van der Waals surface area contributed by atoms with Crippen LogP contribution in [0.25, 0.3) is 0 Å². The molecule has 0 heterocycles. The molecule has 0 radical (unpaired) electrons. The Labute approximate surface area is 119 Å². The Balaban J connectivity index is 1.57. The molecule has 2 aliphatic carbocycles. The van der Waals surface area contributed by atoms with E-state index in [-0.39, 0.29) is 11.9 Å². The van der Waals surface area contributed by atoms with Crippen molar-refractivity contribution in [3.63, 3.8) is 0 Å². The van der Waals surface area contributed by atoms with Gasteiger partial charge in [0.1, 0.15) is 5.75 Å². The number of benzene rings is 1. The minimum atomic E-state index is 0.117. The number of carbonyl (C=O) groups excluding carboxylic acids is 1. The molecule has 108 valence electrons. The Hall–Kier alpha value is -1.55. The van der Waals surface area contributed by atoms with Gasteiger partial charge in [0.2, 0.25) is 5.91 Å². The van der Waals surface area contributed by atoms with Crippen LogP contribution in [0, 0.1) is 5.92 Å². The monoisotopic (exact) mass is 274 g/mol. The summed E-state index contributed by atoms with van der Waals surface area (Å²) in [5.41, 5.74) is 1.24. The van der Waals surface area contributed by atoms with Gasteiger partial charge < -0.3 is 15.4 Å². The molecule has 2 saturated carbocycles. The third kappa shape index (κ3) is 3.51. The Morgan fingerprint density at radius 3 is 2.50 bits per heavy atom. The van der Waals surface area contributed by atoms with Crippen LogP contribution >= 0.6 is 0 Å². The summed E-state index contributed by atoms with van der Waals surface area (Å²) >= 11 is 0. The second-order valence-corrected chi connectivity index (χ2v) is 5.81. The number of amides is 1. The van der Waals surface area contributed by atoms with Crippen molar-refractivity contribution in [2.24, 2.45) is 5.92 Å². The van der Waals surface area contributed by atoms with Gasteiger partial charge in [-0.15, -0.1) is 0 Å². The van der Waals surface area contributed by atoms with Crippen LogP contribution in [0.4, 0.5) is 0 Å². The number of hydrogen-bond donors (Lipinski definition) is 2. The normalized spacial score (nSPS) is 19.4. The second kappa shape index (κ2) is 5.83. The summed E-state index contributed by atoms with van der Waals surface area (Å²) in [4.78, 5) is 11.8. The fourth-order valence-electron chi connectivity index (χ4n) is 2.51. The molecule has 3 rings (SSSR count). The highest BCUT2D eigenvalue weighted by molar-refractivity contribution is 5.78. The van der Waals surface area contributed by atoms with E-state index in [9.17, 15) is 4.79 Å². The van der Waals surface area contributed by atoms with Gasteiger partial charge in [-0.2, -0.15) is 0 Å². The van der Waals surface area contributed by atoms with Gasteiger partial charge in [0.15, 0.2) is 0 Å². The fourth-order valence-corrected chi connectivity index (χ4v) is 2.51. The summed E-state index contributed by atoms with van der Waals surface area (Å²) in [5, 5.41) is 6.43. The van der Waals surface area contributed by atoms with Crippen molar-refractivity contribution in [1.82, 2.24) is 10.6 Å². The molecule has 2 N–H and O–H groups in total. The van der Waals surface area contributed by atoms with Crippen LogP contribution in [-0.2, 0) is 4.79 Å². The first kappa shape index (κ1) is 13.4. The third-order valence-corrected chi connectivity index (χ3v) is 3.99. The highest BCUT2D eigenvalue weighted by Crippen LogP contribution is 2.41. The fraction of sp³-hybridized carbons (Fsp3) is 0.562. The van der Waals surface area contributed by atoms with Gasteiger partial charge in [-0.1, -0.05) is 12.1 Å². The summed E-state index contributed by atoms with van der Waals surface area (Å²) in [5.74, 6) is 1.65. The third-order valence-electron chi connectivity index (χ3n) is 3.99. The molecule has 4 nitrogen and oxygen atoms in total. The number of hydrogen-bond acceptors (Lipinski definition) is 3. The Kier molecular flexibility index (Phi) is 3.92. The number of rotatable bonds is 7. The predicted molar refractivity (Wildman–Crippen MR) is 77.6 cm³/mol. The molecule has 20 heavy (non-hydrogen) atoms. The lowest BCUT2D eigenvalue weighted by Gasteiger charge is -2.19. The van der Waals surface area contributed by atoms with Gasteiger partial charge >= 0.3 is 0 Å². The van der Waals surface area contributed by atoms with Crippen molar-refractivity contribution in [3.05, 3.63) is 29.8 Å². The summed E-state index contributed by atoms with van der Waals surface area (Å²) in [6, 6.07) is 8.87. The minimum Gasteiger partial charge on any atom is -0.497 e. The molecule has 0 aromatic heterocycles. The summed E-state index contributed by atoms with van der Waals surface area (Å²) in [6.45, 7) is 0.406. The zero-order chi connectivity index (χ0) is 13.9. The van der Waals surface area contributed by atoms with E-state index in [1.807, 2.05) is 12.1 Å².